The van der Waals surface area contributed by atoms with Crippen molar-refractivity contribution in [2.75, 3.05) is 0 Å². The number of benzene rings is 1. The average Bonchev–Trinajstić information content (AvgIpc) is 2.07. The van der Waals surface area contributed by atoms with Crippen molar-refractivity contribution in [1.29, 1.82) is 0 Å². The molecule has 0 bridgehead atoms. The van der Waals surface area contributed by atoms with Gasteiger partial charge in [-0.3, -0.25) is 10.1 Å². The fourth-order valence-corrected chi connectivity index (χ4v) is 1.02. The summed E-state index contributed by atoms with van der Waals surface area (Å²) in [6.07, 6.45) is 0. The summed E-state index contributed by atoms with van der Waals surface area (Å²) in [5, 5.41) is 19.1. The number of halogens is 2. The molecule has 0 aromatic heterocycles. The Kier molecular flexibility index (Phi) is 2.38. The lowest BCUT2D eigenvalue weighted by atomic mass is 10.2. The van der Waals surface area contributed by atoms with Crippen LogP contribution in [0.2, 0.25) is 5.02 Å². The Morgan fingerprint density at radius 2 is 2.23 bits per heavy atom. The van der Waals surface area contributed by atoms with Crippen LogP contribution in [0.25, 0.3) is 0 Å². The molecular formula is C7H5ClFNO3. The second-order valence-electron chi connectivity index (χ2n) is 2.42. The Bertz CT molecular complexity index is 380. The maximum atomic E-state index is 12.9. The molecule has 70 valence electrons. The maximum Gasteiger partial charge on any atom is 0.315 e. The zero-order valence-corrected chi connectivity index (χ0v) is 7.30. The summed E-state index contributed by atoms with van der Waals surface area (Å²) >= 11 is 5.44. The molecular weight excluding hydrogens is 201 g/mol. The first-order chi connectivity index (χ1) is 5.95. The molecule has 1 rings (SSSR count). The van der Waals surface area contributed by atoms with Crippen molar-refractivity contribution in [2.45, 2.75) is 6.92 Å². The molecule has 0 fully saturated rings. The van der Waals surface area contributed by atoms with Crippen LogP contribution in [-0.2, 0) is 0 Å². The van der Waals surface area contributed by atoms with Crippen molar-refractivity contribution in [3.8, 4) is 5.75 Å². The van der Waals surface area contributed by atoms with Crippen LogP contribution in [0, 0.1) is 22.9 Å². The van der Waals surface area contributed by atoms with Crippen molar-refractivity contribution in [3.05, 3.63) is 32.6 Å². The van der Waals surface area contributed by atoms with E-state index in [0.717, 1.165) is 0 Å². The summed E-state index contributed by atoms with van der Waals surface area (Å²) in [4.78, 5) is 9.36. The van der Waals surface area contributed by atoms with E-state index in [1.165, 1.54) is 6.92 Å². The van der Waals surface area contributed by atoms with Gasteiger partial charge in [-0.05, 0) is 6.92 Å². The molecule has 0 saturated heterocycles. The van der Waals surface area contributed by atoms with Crippen LogP contribution in [0.1, 0.15) is 5.56 Å². The topological polar surface area (TPSA) is 63.4 Å². The summed E-state index contributed by atoms with van der Waals surface area (Å²) in [7, 11) is 0. The molecule has 0 spiro atoms. The third-order valence-electron chi connectivity index (χ3n) is 1.60. The lowest BCUT2D eigenvalue weighted by Crippen LogP contribution is -1.93. The molecule has 13 heavy (non-hydrogen) atoms. The Morgan fingerprint density at radius 3 is 2.69 bits per heavy atom. The molecule has 0 amide bonds. The molecule has 0 aliphatic heterocycles. The number of aromatic hydroxyl groups is 1. The molecule has 1 aromatic rings. The van der Waals surface area contributed by atoms with Gasteiger partial charge in [0.25, 0.3) is 0 Å². The number of hydrogen-bond acceptors (Lipinski definition) is 3. The lowest BCUT2D eigenvalue weighted by Gasteiger charge is -2.02. The van der Waals surface area contributed by atoms with Gasteiger partial charge in [-0.1, -0.05) is 11.6 Å². The SMILES string of the molecule is Cc1c(F)cc([N+](=O)[O-])c(O)c1Cl. The van der Waals surface area contributed by atoms with Gasteiger partial charge in [0.1, 0.15) is 5.82 Å². The minimum Gasteiger partial charge on any atom is -0.501 e. The lowest BCUT2D eigenvalue weighted by molar-refractivity contribution is -0.386. The van der Waals surface area contributed by atoms with Gasteiger partial charge in [-0.25, -0.2) is 4.39 Å². The minimum atomic E-state index is -0.899. The van der Waals surface area contributed by atoms with Crippen LogP contribution >= 0.6 is 11.6 Å². The van der Waals surface area contributed by atoms with Crippen LogP contribution < -0.4 is 0 Å². The quantitative estimate of drug-likeness (QED) is 0.566. The van der Waals surface area contributed by atoms with E-state index in [9.17, 15) is 14.5 Å². The predicted molar refractivity (Wildman–Crippen MR) is 44.5 cm³/mol. The van der Waals surface area contributed by atoms with Crippen molar-refractivity contribution in [2.24, 2.45) is 0 Å². The number of nitro groups is 1. The zero-order valence-electron chi connectivity index (χ0n) is 6.54. The fourth-order valence-electron chi connectivity index (χ4n) is 0.831. The largest absolute Gasteiger partial charge is 0.501 e. The number of nitro benzene ring substituents is 1. The molecule has 0 atom stereocenters. The summed E-state index contributed by atoms with van der Waals surface area (Å²) < 4.78 is 12.9. The molecule has 0 unspecified atom stereocenters. The highest BCUT2D eigenvalue weighted by Crippen LogP contribution is 2.37. The second-order valence-corrected chi connectivity index (χ2v) is 2.80. The smallest absolute Gasteiger partial charge is 0.315 e. The second kappa shape index (κ2) is 3.18. The van der Waals surface area contributed by atoms with Crippen molar-refractivity contribution < 1.29 is 14.4 Å². The molecule has 1 aromatic carbocycles. The van der Waals surface area contributed by atoms with Crippen LogP contribution in [0.4, 0.5) is 10.1 Å². The van der Waals surface area contributed by atoms with Gasteiger partial charge in [-0.2, -0.15) is 0 Å². The van der Waals surface area contributed by atoms with Crippen molar-refractivity contribution in [3.63, 3.8) is 0 Å². The van der Waals surface area contributed by atoms with E-state index in [2.05, 4.69) is 0 Å². The summed E-state index contributed by atoms with van der Waals surface area (Å²) in [5.41, 5.74) is -0.738. The van der Waals surface area contributed by atoms with Gasteiger partial charge in [0.05, 0.1) is 16.0 Å². The Morgan fingerprint density at radius 1 is 1.69 bits per heavy atom. The normalized spacial score (nSPS) is 10.1. The number of hydrogen-bond donors (Lipinski definition) is 1. The van der Waals surface area contributed by atoms with Gasteiger partial charge < -0.3 is 5.11 Å². The summed E-state index contributed by atoms with van der Waals surface area (Å²) in [5.74, 6) is -1.51. The van der Waals surface area contributed by atoms with E-state index in [4.69, 9.17) is 16.7 Å². The first-order valence-corrected chi connectivity index (χ1v) is 3.65. The molecule has 0 aliphatic carbocycles. The summed E-state index contributed by atoms with van der Waals surface area (Å²) in [6.45, 7) is 1.32. The third-order valence-corrected chi connectivity index (χ3v) is 2.06. The molecule has 0 aliphatic rings. The van der Waals surface area contributed by atoms with Crippen molar-refractivity contribution in [1.82, 2.24) is 0 Å². The van der Waals surface area contributed by atoms with Gasteiger partial charge in [0.2, 0.25) is 5.75 Å². The van der Waals surface area contributed by atoms with E-state index in [-0.39, 0.29) is 10.6 Å². The number of nitrogens with zero attached hydrogens (tertiary/aromatic N) is 1. The van der Waals surface area contributed by atoms with E-state index < -0.39 is 22.2 Å². The molecule has 6 heteroatoms. The fraction of sp³-hybridized carbons (Fsp3) is 0.143. The summed E-state index contributed by atoms with van der Waals surface area (Å²) in [6, 6.07) is 0.635. The number of phenolic OH excluding ortho intramolecular Hbond substituents is 1. The highest BCUT2D eigenvalue weighted by Gasteiger charge is 2.21. The van der Waals surface area contributed by atoms with E-state index >= 15 is 0 Å². The van der Waals surface area contributed by atoms with Gasteiger partial charge in [0.15, 0.2) is 0 Å². The van der Waals surface area contributed by atoms with Crippen LogP contribution in [-0.4, -0.2) is 10.0 Å². The van der Waals surface area contributed by atoms with Crippen molar-refractivity contribution >= 4 is 17.3 Å². The van der Waals surface area contributed by atoms with Crippen LogP contribution in [0.3, 0.4) is 0 Å². The predicted octanol–water partition coefficient (Wildman–Crippen LogP) is 2.40. The first-order valence-electron chi connectivity index (χ1n) is 3.27. The van der Waals surface area contributed by atoms with E-state index in [1.807, 2.05) is 0 Å². The standard InChI is InChI=1S/C7H5ClFNO3/c1-3-4(9)2-5(10(12)13)7(11)6(3)8/h2,11H,1H3. The molecule has 0 radical (unpaired) electrons. The Hall–Kier alpha value is -1.36. The first kappa shape index (κ1) is 9.73. The van der Waals surface area contributed by atoms with E-state index in [1.54, 1.807) is 0 Å². The molecule has 0 saturated carbocycles. The minimum absolute atomic E-state index is 0.00948. The number of phenols is 1. The molecule has 0 heterocycles. The van der Waals surface area contributed by atoms with Gasteiger partial charge >= 0.3 is 5.69 Å². The van der Waals surface area contributed by atoms with Crippen LogP contribution in [0.5, 0.6) is 5.75 Å². The van der Waals surface area contributed by atoms with Gasteiger partial charge in [0, 0.05) is 5.56 Å². The average molecular weight is 206 g/mol. The Labute approximate surface area is 77.7 Å². The van der Waals surface area contributed by atoms with E-state index in [0.29, 0.717) is 6.07 Å². The maximum absolute atomic E-state index is 12.9. The Balaban J connectivity index is 3.50. The zero-order chi connectivity index (χ0) is 10.2. The monoisotopic (exact) mass is 205 g/mol. The highest BCUT2D eigenvalue weighted by atomic mass is 35.5. The molecule has 1 N–H and O–H groups in total. The number of rotatable bonds is 1. The highest BCUT2D eigenvalue weighted by molar-refractivity contribution is 6.33. The third kappa shape index (κ3) is 1.55. The van der Waals surface area contributed by atoms with Gasteiger partial charge in [-0.15, -0.1) is 0 Å². The van der Waals surface area contributed by atoms with Crippen LogP contribution in [0.15, 0.2) is 6.07 Å². The molecule has 4 nitrogen and oxygen atoms in total.